The Labute approximate surface area is 131 Å². The minimum absolute atomic E-state index is 0.0294. The van der Waals surface area contributed by atoms with Gasteiger partial charge in [0.25, 0.3) is 5.91 Å². The van der Waals surface area contributed by atoms with E-state index in [1.165, 1.54) is 0 Å². The second-order valence-corrected chi connectivity index (χ2v) is 6.72. The Hall–Kier alpha value is -1.88. The zero-order valence-corrected chi connectivity index (χ0v) is 13.8. The standard InChI is InChI=1S/C17H24N2O3/c1-13-5-7-14(8-6-13)15(20)18-9-11-19(12-10-18)22-16(21)17(2,3)4/h5-8H,9-12H2,1-4H3. The Bertz CT molecular complexity index is 538. The van der Waals surface area contributed by atoms with Gasteiger partial charge in [-0.15, -0.1) is 5.06 Å². The highest BCUT2D eigenvalue weighted by Crippen LogP contribution is 2.17. The van der Waals surface area contributed by atoms with Gasteiger partial charge in [0.15, 0.2) is 0 Å². The summed E-state index contributed by atoms with van der Waals surface area (Å²) in [5.41, 5.74) is 1.32. The van der Waals surface area contributed by atoms with Crippen molar-refractivity contribution in [2.24, 2.45) is 5.41 Å². The first kappa shape index (κ1) is 16.5. The van der Waals surface area contributed by atoms with E-state index in [1.807, 2.05) is 52.0 Å². The number of rotatable bonds is 2. The third-order valence-electron chi connectivity index (χ3n) is 3.65. The van der Waals surface area contributed by atoms with E-state index < -0.39 is 5.41 Å². The van der Waals surface area contributed by atoms with Crippen LogP contribution in [0.25, 0.3) is 0 Å². The van der Waals surface area contributed by atoms with Gasteiger partial charge in [0.05, 0.1) is 18.5 Å². The van der Waals surface area contributed by atoms with Crippen LogP contribution in [0, 0.1) is 12.3 Å². The van der Waals surface area contributed by atoms with Crippen molar-refractivity contribution in [2.75, 3.05) is 26.2 Å². The number of nitrogens with zero attached hydrogens (tertiary/aromatic N) is 2. The van der Waals surface area contributed by atoms with E-state index in [0.717, 1.165) is 5.56 Å². The van der Waals surface area contributed by atoms with Crippen LogP contribution in [0.15, 0.2) is 24.3 Å². The van der Waals surface area contributed by atoms with Gasteiger partial charge < -0.3 is 9.74 Å². The summed E-state index contributed by atoms with van der Waals surface area (Å²) in [6.07, 6.45) is 0. The third-order valence-corrected chi connectivity index (χ3v) is 3.65. The Morgan fingerprint density at radius 1 is 1.00 bits per heavy atom. The molecule has 1 aromatic rings. The predicted molar refractivity (Wildman–Crippen MR) is 84.2 cm³/mol. The Morgan fingerprint density at radius 2 is 1.55 bits per heavy atom. The van der Waals surface area contributed by atoms with Gasteiger partial charge in [0.2, 0.25) is 0 Å². The van der Waals surface area contributed by atoms with Crippen molar-refractivity contribution in [3.05, 3.63) is 35.4 Å². The minimum atomic E-state index is -0.519. The molecule has 0 radical (unpaired) electrons. The van der Waals surface area contributed by atoms with Crippen molar-refractivity contribution in [1.29, 1.82) is 0 Å². The number of hydroxylamine groups is 2. The Kier molecular flexibility index (Phi) is 4.86. The summed E-state index contributed by atoms with van der Waals surface area (Å²) in [5, 5.41) is 1.65. The first-order valence-electron chi connectivity index (χ1n) is 7.60. The van der Waals surface area contributed by atoms with Gasteiger partial charge in [-0.3, -0.25) is 4.79 Å². The first-order valence-corrected chi connectivity index (χ1v) is 7.60. The molecule has 1 aliphatic heterocycles. The molecule has 0 spiro atoms. The van der Waals surface area contributed by atoms with E-state index in [2.05, 4.69) is 0 Å². The quantitative estimate of drug-likeness (QED) is 0.841. The molecule has 1 heterocycles. The zero-order valence-electron chi connectivity index (χ0n) is 13.8. The number of benzene rings is 1. The SMILES string of the molecule is Cc1ccc(C(=O)N2CCN(OC(=O)C(C)(C)C)CC2)cc1. The lowest BCUT2D eigenvalue weighted by Crippen LogP contribution is -2.49. The van der Waals surface area contributed by atoms with Gasteiger partial charge in [-0.25, -0.2) is 4.79 Å². The van der Waals surface area contributed by atoms with Crippen molar-refractivity contribution in [3.8, 4) is 0 Å². The van der Waals surface area contributed by atoms with Gasteiger partial charge in [0, 0.05) is 18.7 Å². The third kappa shape index (κ3) is 4.07. The molecule has 1 saturated heterocycles. The van der Waals surface area contributed by atoms with E-state index >= 15 is 0 Å². The van der Waals surface area contributed by atoms with Gasteiger partial charge in [-0.2, -0.15) is 0 Å². The molecule has 1 fully saturated rings. The van der Waals surface area contributed by atoms with Gasteiger partial charge in [-0.05, 0) is 39.8 Å². The molecule has 0 saturated carbocycles. The molecule has 5 nitrogen and oxygen atoms in total. The van der Waals surface area contributed by atoms with E-state index in [1.54, 1.807) is 9.96 Å². The highest BCUT2D eigenvalue weighted by Gasteiger charge is 2.29. The molecule has 1 aromatic carbocycles. The molecule has 22 heavy (non-hydrogen) atoms. The molecule has 2 rings (SSSR count). The largest absolute Gasteiger partial charge is 0.367 e. The number of piperazine rings is 1. The summed E-state index contributed by atoms with van der Waals surface area (Å²) in [6.45, 7) is 9.68. The monoisotopic (exact) mass is 304 g/mol. The molecule has 0 aromatic heterocycles. The van der Waals surface area contributed by atoms with Crippen molar-refractivity contribution in [1.82, 2.24) is 9.96 Å². The second-order valence-electron chi connectivity index (χ2n) is 6.72. The van der Waals surface area contributed by atoms with E-state index in [-0.39, 0.29) is 11.9 Å². The molecule has 0 atom stereocenters. The minimum Gasteiger partial charge on any atom is -0.367 e. The highest BCUT2D eigenvalue weighted by atomic mass is 16.7. The number of carbonyl (C=O) groups excluding carboxylic acids is 2. The fraction of sp³-hybridized carbons (Fsp3) is 0.529. The summed E-state index contributed by atoms with van der Waals surface area (Å²) in [6, 6.07) is 7.58. The molecule has 1 amide bonds. The Morgan fingerprint density at radius 3 is 2.05 bits per heavy atom. The van der Waals surface area contributed by atoms with Gasteiger partial charge in [-0.1, -0.05) is 17.7 Å². The van der Waals surface area contributed by atoms with Gasteiger partial charge >= 0.3 is 5.97 Å². The van der Waals surface area contributed by atoms with Crippen LogP contribution in [0.2, 0.25) is 0 Å². The molecule has 120 valence electrons. The second kappa shape index (κ2) is 6.48. The molecule has 0 unspecified atom stereocenters. The molecule has 1 aliphatic rings. The number of amides is 1. The lowest BCUT2D eigenvalue weighted by molar-refractivity contribution is -0.205. The van der Waals surface area contributed by atoms with E-state index in [4.69, 9.17) is 4.84 Å². The maximum Gasteiger partial charge on any atom is 0.330 e. The average Bonchev–Trinajstić information content (AvgIpc) is 2.47. The molecular weight excluding hydrogens is 280 g/mol. The van der Waals surface area contributed by atoms with Crippen LogP contribution in [-0.4, -0.2) is 48.0 Å². The van der Waals surface area contributed by atoms with Crippen molar-refractivity contribution in [2.45, 2.75) is 27.7 Å². The summed E-state index contributed by atoms with van der Waals surface area (Å²) in [5.74, 6) is -0.215. The zero-order chi connectivity index (χ0) is 16.3. The summed E-state index contributed by atoms with van der Waals surface area (Å²) < 4.78 is 0. The smallest absolute Gasteiger partial charge is 0.330 e. The summed E-state index contributed by atoms with van der Waals surface area (Å²) in [7, 11) is 0. The van der Waals surface area contributed by atoms with Crippen molar-refractivity contribution < 1.29 is 14.4 Å². The van der Waals surface area contributed by atoms with Gasteiger partial charge in [0.1, 0.15) is 0 Å². The lowest BCUT2D eigenvalue weighted by Gasteiger charge is -2.34. The topological polar surface area (TPSA) is 49.9 Å². The normalized spacial score (nSPS) is 16.5. The molecule has 0 aliphatic carbocycles. The van der Waals surface area contributed by atoms with E-state index in [0.29, 0.717) is 31.7 Å². The maximum atomic E-state index is 12.4. The van der Waals surface area contributed by atoms with Crippen LogP contribution < -0.4 is 0 Å². The number of hydrogen-bond donors (Lipinski definition) is 0. The molecule has 0 bridgehead atoms. The van der Waals surface area contributed by atoms with Crippen LogP contribution in [0.3, 0.4) is 0 Å². The number of aryl methyl sites for hydroxylation is 1. The fourth-order valence-electron chi connectivity index (χ4n) is 2.12. The van der Waals surface area contributed by atoms with Crippen LogP contribution >= 0.6 is 0 Å². The van der Waals surface area contributed by atoms with Crippen LogP contribution in [0.5, 0.6) is 0 Å². The molecule has 5 heteroatoms. The predicted octanol–water partition coefficient (Wildman–Crippen LogP) is 2.26. The average molecular weight is 304 g/mol. The summed E-state index contributed by atoms with van der Waals surface area (Å²) in [4.78, 5) is 31.4. The van der Waals surface area contributed by atoms with Crippen LogP contribution in [0.1, 0.15) is 36.7 Å². The van der Waals surface area contributed by atoms with Crippen molar-refractivity contribution in [3.63, 3.8) is 0 Å². The van der Waals surface area contributed by atoms with E-state index in [9.17, 15) is 9.59 Å². The fourth-order valence-corrected chi connectivity index (χ4v) is 2.12. The summed E-state index contributed by atoms with van der Waals surface area (Å²) >= 11 is 0. The molecule has 0 N–H and O–H groups in total. The van der Waals surface area contributed by atoms with Crippen molar-refractivity contribution >= 4 is 11.9 Å². The highest BCUT2D eigenvalue weighted by molar-refractivity contribution is 5.94. The van der Waals surface area contributed by atoms with Crippen LogP contribution in [0.4, 0.5) is 0 Å². The first-order chi connectivity index (χ1) is 10.3. The Balaban J connectivity index is 1.88. The number of carbonyl (C=O) groups is 2. The lowest BCUT2D eigenvalue weighted by atomic mass is 9.98. The number of hydrogen-bond acceptors (Lipinski definition) is 4. The van der Waals surface area contributed by atoms with Crippen LogP contribution in [-0.2, 0) is 9.63 Å². The maximum absolute atomic E-state index is 12.4. The molecular formula is C17H24N2O3.